The summed E-state index contributed by atoms with van der Waals surface area (Å²) in [5, 5.41) is 5.93. The predicted molar refractivity (Wildman–Crippen MR) is 89.0 cm³/mol. The van der Waals surface area contributed by atoms with Crippen LogP contribution in [0, 0.1) is 12.0 Å². The van der Waals surface area contributed by atoms with E-state index in [4.69, 9.17) is 0 Å². The van der Waals surface area contributed by atoms with E-state index in [9.17, 15) is 4.79 Å². The summed E-state index contributed by atoms with van der Waals surface area (Å²) in [7, 11) is 0. The van der Waals surface area contributed by atoms with Crippen molar-refractivity contribution in [1.29, 1.82) is 0 Å². The van der Waals surface area contributed by atoms with E-state index in [0.29, 0.717) is 6.54 Å². The van der Waals surface area contributed by atoms with Crippen LogP contribution in [0.3, 0.4) is 0 Å². The lowest BCUT2D eigenvalue weighted by atomic mass is 9.85. The second kappa shape index (κ2) is 8.42. The van der Waals surface area contributed by atoms with E-state index in [2.05, 4.69) is 39.6 Å². The van der Waals surface area contributed by atoms with Gasteiger partial charge >= 0.3 is 6.03 Å². The lowest BCUT2D eigenvalue weighted by Crippen LogP contribution is -2.41. The predicted octanol–water partition coefficient (Wildman–Crippen LogP) is 4.41. The fraction of sp³-hybridized carbons (Fsp3) is 0.588. The molecule has 115 valence electrons. The number of hydrogen-bond acceptors (Lipinski definition) is 1. The second-order valence-electron chi connectivity index (χ2n) is 6.00. The third kappa shape index (κ3) is 6.08. The van der Waals surface area contributed by atoms with Gasteiger partial charge in [0, 0.05) is 17.1 Å². The molecule has 4 heteroatoms. The number of carbonyl (C=O) groups is 1. The molecule has 0 spiro atoms. The summed E-state index contributed by atoms with van der Waals surface area (Å²) in [5.41, 5.74) is 0.980. The Balaban J connectivity index is 1.67. The van der Waals surface area contributed by atoms with Gasteiger partial charge in [-0.25, -0.2) is 4.79 Å². The van der Waals surface area contributed by atoms with Gasteiger partial charge in [0.2, 0.25) is 0 Å². The molecule has 0 bridgehead atoms. The van der Waals surface area contributed by atoms with Crippen molar-refractivity contribution in [2.75, 3.05) is 0 Å². The van der Waals surface area contributed by atoms with Crippen molar-refractivity contribution in [3.8, 4) is 0 Å². The molecule has 1 aliphatic rings. The van der Waals surface area contributed by atoms with E-state index < -0.39 is 0 Å². The van der Waals surface area contributed by atoms with E-state index in [-0.39, 0.29) is 12.1 Å². The number of nitrogens with one attached hydrogen (secondary N) is 2. The molecular formula is C17H24BrN2O. The van der Waals surface area contributed by atoms with Crippen LogP contribution in [0.25, 0.3) is 0 Å². The van der Waals surface area contributed by atoms with Gasteiger partial charge in [-0.05, 0) is 43.0 Å². The SMILES string of the molecule is CC(CC1CCCCC1)NC(=O)NCc1[c]cc(Br)cc1. The molecule has 1 aliphatic carbocycles. The van der Waals surface area contributed by atoms with Crippen molar-refractivity contribution in [2.45, 2.75) is 58.0 Å². The Labute approximate surface area is 136 Å². The Bertz CT molecular complexity index is 441. The van der Waals surface area contributed by atoms with Crippen molar-refractivity contribution < 1.29 is 4.79 Å². The normalized spacial score (nSPS) is 17.2. The zero-order chi connectivity index (χ0) is 15.1. The molecule has 2 N–H and O–H groups in total. The molecule has 0 saturated heterocycles. The van der Waals surface area contributed by atoms with E-state index in [1.54, 1.807) is 0 Å². The zero-order valence-electron chi connectivity index (χ0n) is 12.6. The van der Waals surface area contributed by atoms with Crippen LogP contribution in [0.1, 0.15) is 51.0 Å². The van der Waals surface area contributed by atoms with Crippen molar-refractivity contribution in [3.05, 3.63) is 34.3 Å². The van der Waals surface area contributed by atoms with Crippen LogP contribution < -0.4 is 10.6 Å². The number of rotatable bonds is 5. The minimum absolute atomic E-state index is 0.0883. The molecule has 2 rings (SSSR count). The molecule has 2 amide bonds. The molecule has 1 fully saturated rings. The van der Waals surface area contributed by atoms with Crippen molar-refractivity contribution in [3.63, 3.8) is 0 Å². The standard InChI is InChI=1S/C17H24BrN2O/c1-13(11-14-5-3-2-4-6-14)20-17(21)19-12-15-7-9-16(18)10-8-15/h7,9-10,13-14H,2-6,11-12H2,1H3,(H2,19,20,21). The van der Waals surface area contributed by atoms with Crippen LogP contribution in [0.15, 0.2) is 22.7 Å². The van der Waals surface area contributed by atoms with Gasteiger partial charge < -0.3 is 10.6 Å². The lowest BCUT2D eigenvalue weighted by Gasteiger charge is -2.25. The first kappa shape index (κ1) is 16.3. The minimum Gasteiger partial charge on any atom is -0.336 e. The first-order valence-electron chi connectivity index (χ1n) is 7.84. The first-order chi connectivity index (χ1) is 10.1. The molecule has 1 aromatic carbocycles. The summed E-state index contributed by atoms with van der Waals surface area (Å²) in [6, 6.07) is 9.04. The van der Waals surface area contributed by atoms with E-state index >= 15 is 0 Å². The van der Waals surface area contributed by atoms with Gasteiger partial charge in [0.15, 0.2) is 0 Å². The minimum atomic E-state index is -0.0883. The largest absolute Gasteiger partial charge is 0.336 e. The molecule has 1 atom stereocenters. The van der Waals surface area contributed by atoms with Crippen LogP contribution in [-0.4, -0.2) is 12.1 Å². The summed E-state index contributed by atoms with van der Waals surface area (Å²) in [5.74, 6) is 0.786. The van der Waals surface area contributed by atoms with Gasteiger partial charge in [-0.2, -0.15) is 0 Å². The Morgan fingerprint density at radius 2 is 2.14 bits per heavy atom. The van der Waals surface area contributed by atoms with Crippen LogP contribution in [0.5, 0.6) is 0 Å². The fourth-order valence-electron chi connectivity index (χ4n) is 2.98. The molecule has 3 nitrogen and oxygen atoms in total. The van der Waals surface area contributed by atoms with Crippen LogP contribution >= 0.6 is 15.9 Å². The summed E-state index contributed by atoms with van der Waals surface area (Å²) in [6.45, 7) is 2.61. The lowest BCUT2D eigenvalue weighted by molar-refractivity contribution is 0.232. The maximum Gasteiger partial charge on any atom is 0.315 e. The van der Waals surface area contributed by atoms with E-state index in [1.807, 2.05) is 18.2 Å². The molecule has 1 aromatic rings. The number of amides is 2. The molecule has 1 unspecified atom stereocenters. The monoisotopic (exact) mass is 351 g/mol. The molecule has 0 heterocycles. The smallest absolute Gasteiger partial charge is 0.315 e. The number of halogens is 1. The van der Waals surface area contributed by atoms with Crippen LogP contribution in [0.2, 0.25) is 0 Å². The second-order valence-corrected chi connectivity index (χ2v) is 6.92. The maximum absolute atomic E-state index is 11.9. The van der Waals surface area contributed by atoms with Crippen molar-refractivity contribution >= 4 is 22.0 Å². The highest BCUT2D eigenvalue weighted by atomic mass is 79.9. The van der Waals surface area contributed by atoms with Gasteiger partial charge in [0.1, 0.15) is 0 Å². The zero-order valence-corrected chi connectivity index (χ0v) is 14.2. The third-order valence-electron chi connectivity index (χ3n) is 4.07. The average Bonchev–Trinajstić information content (AvgIpc) is 2.47. The van der Waals surface area contributed by atoms with E-state index in [0.717, 1.165) is 22.4 Å². The van der Waals surface area contributed by atoms with Crippen LogP contribution in [-0.2, 0) is 6.54 Å². The molecule has 1 radical (unpaired) electrons. The molecular weight excluding hydrogens is 328 g/mol. The molecule has 0 aliphatic heterocycles. The Morgan fingerprint density at radius 3 is 2.81 bits per heavy atom. The van der Waals surface area contributed by atoms with Gasteiger partial charge in [-0.15, -0.1) is 0 Å². The summed E-state index contributed by atoms with van der Waals surface area (Å²) >= 11 is 3.37. The Hall–Kier alpha value is -1.03. The Kier molecular flexibility index (Phi) is 6.55. The molecule has 1 saturated carbocycles. The quantitative estimate of drug-likeness (QED) is 0.810. The number of urea groups is 1. The highest BCUT2D eigenvalue weighted by Crippen LogP contribution is 2.27. The number of benzene rings is 1. The van der Waals surface area contributed by atoms with Crippen molar-refractivity contribution in [1.82, 2.24) is 10.6 Å². The maximum atomic E-state index is 11.9. The van der Waals surface area contributed by atoms with Crippen molar-refractivity contribution in [2.24, 2.45) is 5.92 Å². The highest BCUT2D eigenvalue weighted by molar-refractivity contribution is 9.10. The number of hydrogen-bond donors (Lipinski definition) is 2. The Morgan fingerprint density at radius 1 is 1.38 bits per heavy atom. The van der Waals surface area contributed by atoms with Gasteiger partial charge in [-0.3, -0.25) is 0 Å². The van der Waals surface area contributed by atoms with Crippen LogP contribution in [0.4, 0.5) is 4.79 Å². The number of carbonyl (C=O) groups excluding carboxylic acids is 1. The first-order valence-corrected chi connectivity index (χ1v) is 8.63. The molecule has 0 aromatic heterocycles. The average molecular weight is 352 g/mol. The highest BCUT2D eigenvalue weighted by Gasteiger charge is 2.17. The summed E-state index contributed by atoms with van der Waals surface area (Å²) in [4.78, 5) is 11.9. The van der Waals surface area contributed by atoms with E-state index in [1.165, 1.54) is 32.1 Å². The third-order valence-corrected chi connectivity index (χ3v) is 4.56. The fourth-order valence-corrected chi connectivity index (χ4v) is 3.23. The summed E-state index contributed by atoms with van der Waals surface area (Å²) in [6.07, 6.45) is 7.81. The van der Waals surface area contributed by atoms with Gasteiger partial charge in [0.05, 0.1) is 0 Å². The molecule has 21 heavy (non-hydrogen) atoms. The topological polar surface area (TPSA) is 41.1 Å². The van der Waals surface area contributed by atoms with Gasteiger partial charge in [0.25, 0.3) is 0 Å². The van der Waals surface area contributed by atoms with Gasteiger partial charge in [-0.1, -0.05) is 54.1 Å². The summed E-state index contributed by atoms with van der Waals surface area (Å²) < 4.78 is 0.997.